The van der Waals surface area contributed by atoms with Crippen LogP contribution in [-0.2, 0) is 4.74 Å². The fraction of sp³-hybridized carbons (Fsp3) is 0.435. The standard InChI is InChI=1S/C17H19N5OS.C6H8N2/c1-10-4-5-13(24-10)14-15-16(19-12(3)11(2)18-15)21-17(20-14)22-6-8-23-9-7-22;1-4-7-8(5-1)6-2-3-6/h4-5H,6-9H2,1-3H3;1,4-6H,2-3H2. The molecule has 0 aromatic carbocycles. The van der Waals surface area contributed by atoms with Gasteiger partial charge in [-0.15, -0.1) is 11.3 Å². The molecule has 0 radical (unpaired) electrons. The molecule has 0 N–H and O–H groups in total. The molecule has 6 rings (SSSR count). The Bertz CT molecular complexity index is 1210. The van der Waals surface area contributed by atoms with E-state index in [0.717, 1.165) is 46.6 Å². The van der Waals surface area contributed by atoms with Gasteiger partial charge < -0.3 is 9.64 Å². The van der Waals surface area contributed by atoms with E-state index in [4.69, 9.17) is 14.7 Å². The van der Waals surface area contributed by atoms with Gasteiger partial charge in [-0.3, -0.25) is 4.68 Å². The third-order valence-corrected chi connectivity index (χ3v) is 6.65. The summed E-state index contributed by atoms with van der Waals surface area (Å²) in [6.45, 7) is 9.04. The van der Waals surface area contributed by atoms with Crippen molar-refractivity contribution in [1.29, 1.82) is 0 Å². The quantitative estimate of drug-likeness (QED) is 0.465. The van der Waals surface area contributed by atoms with E-state index in [1.165, 1.54) is 17.7 Å². The van der Waals surface area contributed by atoms with E-state index < -0.39 is 0 Å². The molecule has 2 aliphatic rings. The van der Waals surface area contributed by atoms with Gasteiger partial charge in [0.15, 0.2) is 5.65 Å². The maximum absolute atomic E-state index is 5.44. The highest BCUT2D eigenvalue weighted by molar-refractivity contribution is 7.15. The van der Waals surface area contributed by atoms with Gasteiger partial charge in [0.05, 0.1) is 35.5 Å². The van der Waals surface area contributed by atoms with Gasteiger partial charge >= 0.3 is 0 Å². The van der Waals surface area contributed by atoms with E-state index in [1.807, 2.05) is 37.0 Å². The molecule has 166 valence electrons. The van der Waals surface area contributed by atoms with Gasteiger partial charge in [-0.25, -0.2) is 15.0 Å². The van der Waals surface area contributed by atoms with Crippen molar-refractivity contribution in [3.8, 4) is 10.6 Å². The van der Waals surface area contributed by atoms with E-state index in [2.05, 4.69) is 39.0 Å². The highest BCUT2D eigenvalue weighted by Gasteiger charge is 2.23. The Morgan fingerprint density at radius 3 is 2.41 bits per heavy atom. The van der Waals surface area contributed by atoms with Crippen LogP contribution in [0.4, 0.5) is 5.95 Å². The lowest BCUT2D eigenvalue weighted by Crippen LogP contribution is -2.37. The molecule has 0 unspecified atom stereocenters. The first-order valence-corrected chi connectivity index (χ1v) is 11.8. The van der Waals surface area contributed by atoms with Crippen molar-refractivity contribution in [2.75, 3.05) is 31.2 Å². The summed E-state index contributed by atoms with van der Waals surface area (Å²) in [6, 6.07) is 6.92. The van der Waals surface area contributed by atoms with Gasteiger partial charge in [-0.1, -0.05) is 0 Å². The lowest BCUT2D eigenvalue weighted by Gasteiger charge is -2.27. The van der Waals surface area contributed by atoms with Gasteiger partial charge in [0.2, 0.25) is 5.95 Å². The summed E-state index contributed by atoms with van der Waals surface area (Å²) in [6.07, 6.45) is 6.50. The van der Waals surface area contributed by atoms with Crippen LogP contribution in [0, 0.1) is 20.8 Å². The minimum atomic E-state index is 0.663. The number of rotatable bonds is 3. The van der Waals surface area contributed by atoms with Crippen molar-refractivity contribution in [1.82, 2.24) is 29.7 Å². The lowest BCUT2D eigenvalue weighted by atomic mass is 10.2. The summed E-state index contributed by atoms with van der Waals surface area (Å²) in [5.41, 5.74) is 4.13. The van der Waals surface area contributed by atoms with E-state index in [9.17, 15) is 0 Å². The van der Waals surface area contributed by atoms with Crippen LogP contribution in [-0.4, -0.2) is 56.0 Å². The molecule has 32 heavy (non-hydrogen) atoms. The van der Waals surface area contributed by atoms with Gasteiger partial charge in [0, 0.05) is 30.4 Å². The number of aromatic nitrogens is 6. The summed E-state index contributed by atoms with van der Waals surface area (Å²) in [7, 11) is 0. The first kappa shape index (κ1) is 21.0. The molecule has 1 saturated heterocycles. The Hall–Kier alpha value is -2.91. The molecule has 1 aliphatic heterocycles. The molecule has 1 aliphatic carbocycles. The SMILES string of the molecule is Cc1ccc(-c2nc(N3CCOCC3)nc3nc(C)c(C)nc23)s1.c1cnn(C2CC2)c1. The van der Waals surface area contributed by atoms with Crippen LogP contribution in [0.2, 0.25) is 0 Å². The van der Waals surface area contributed by atoms with Crippen molar-refractivity contribution in [3.05, 3.63) is 46.9 Å². The Morgan fingerprint density at radius 1 is 0.969 bits per heavy atom. The number of hydrogen-bond acceptors (Lipinski definition) is 8. The number of thiophene rings is 1. The Kier molecular flexibility index (Phi) is 5.84. The van der Waals surface area contributed by atoms with Crippen LogP contribution < -0.4 is 4.90 Å². The average molecular weight is 450 g/mol. The summed E-state index contributed by atoms with van der Waals surface area (Å²) < 4.78 is 7.47. The average Bonchev–Trinajstić information content (AvgIpc) is 3.32. The van der Waals surface area contributed by atoms with E-state index in [1.54, 1.807) is 11.3 Å². The van der Waals surface area contributed by atoms with Gasteiger partial charge in [0.1, 0.15) is 11.2 Å². The molecule has 0 amide bonds. The Balaban J connectivity index is 0.000000225. The van der Waals surface area contributed by atoms with E-state index in [-0.39, 0.29) is 0 Å². The summed E-state index contributed by atoms with van der Waals surface area (Å²) in [5, 5.41) is 4.09. The van der Waals surface area contributed by atoms with Crippen LogP contribution >= 0.6 is 11.3 Å². The maximum atomic E-state index is 5.44. The number of nitrogens with zero attached hydrogens (tertiary/aromatic N) is 7. The van der Waals surface area contributed by atoms with Crippen LogP contribution in [0.25, 0.3) is 21.7 Å². The fourth-order valence-corrected chi connectivity index (χ4v) is 4.43. The van der Waals surface area contributed by atoms with Crippen molar-refractivity contribution in [3.63, 3.8) is 0 Å². The van der Waals surface area contributed by atoms with Gasteiger partial charge in [-0.2, -0.15) is 10.1 Å². The minimum absolute atomic E-state index is 0.663. The van der Waals surface area contributed by atoms with E-state index >= 15 is 0 Å². The Labute approximate surface area is 191 Å². The maximum Gasteiger partial charge on any atom is 0.228 e. The second-order valence-corrected chi connectivity index (χ2v) is 9.45. The number of ether oxygens (including phenoxy) is 1. The summed E-state index contributed by atoms with van der Waals surface area (Å²) >= 11 is 1.72. The zero-order valence-electron chi connectivity index (χ0n) is 18.7. The summed E-state index contributed by atoms with van der Waals surface area (Å²) in [4.78, 5) is 23.4. The zero-order chi connectivity index (χ0) is 22.1. The van der Waals surface area contributed by atoms with Crippen molar-refractivity contribution in [2.45, 2.75) is 39.7 Å². The minimum Gasteiger partial charge on any atom is -0.378 e. The van der Waals surface area contributed by atoms with Crippen molar-refractivity contribution < 1.29 is 4.74 Å². The van der Waals surface area contributed by atoms with E-state index in [0.29, 0.717) is 24.8 Å². The predicted molar refractivity (Wildman–Crippen MR) is 126 cm³/mol. The highest BCUT2D eigenvalue weighted by atomic mass is 32.1. The van der Waals surface area contributed by atoms with Crippen LogP contribution in [0.15, 0.2) is 30.6 Å². The predicted octanol–water partition coefficient (Wildman–Crippen LogP) is 4.13. The molecule has 0 bridgehead atoms. The first-order valence-electron chi connectivity index (χ1n) is 11.0. The molecule has 8 nitrogen and oxygen atoms in total. The number of fused-ring (bicyclic) bond motifs is 1. The van der Waals surface area contributed by atoms with Crippen molar-refractivity contribution in [2.24, 2.45) is 0 Å². The molecule has 9 heteroatoms. The summed E-state index contributed by atoms with van der Waals surface area (Å²) in [5.74, 6) is 0.712. The Morgan fingerprint density at radius 2 is 1.75 bits per heavy atom. The van der Waals surface area contributed by atoms with Gasteiger partial charge in [-0.05, 0) is 51.8 Å². The normalized spacial score (nSPS) is 16.2. The number of hydrogen-bond donors (Lipinski definition) is 0. The number of aryl methyl sites for hydroxylation is 3. The molecular weight excluding hydrogens is 422 g/mol. The third-order valence-electron chi connectivity index (χ3n) is 5.64. The van der Waals surface area contributed by atoms with Crippen LogP contribution in [0.1, 0.15) is 35.1 Å². The first-order chi connectivity index (χ1) is 15.6. The molecule has 1 saturated carbocycles. The molecule has 4 aromatic rings. The monoisotopic (exact) mass is 449 g/mol. The molecule has 2 fully saturated rings. The highest BCUT2D eigenvalue weighted by Crippen LogP contribution is 2.33. The second-order valence-electron chi connectivity index (χ2n) is 8.17. The van der Waals surface area contributed by atoms with Crippen molar-refractivity contribution >= 4 is 28.4 Å². The van der Waals surface area contributed by atoms with Crippen LogP contribution in [0.3, 0.4) is 0 Å². The largest absolute Gasteiger partial charge is 0.378 e. The smallest absolute Gasteiger partial charge is 0.228 e. The second kappa shape index (κ2) is 8.91. The zero-order valence-corrected chi connectivity index (χ0v) is 19.5. The molecule has 5 heterocycles. The molecule has 4 aromatic heterocycles. The fourth-order valence-electron chi connectivity index (χ4n) is 3.57. The van der Waals surface area contributed by atoms with Gasteiger partial charge in [0.25, 0.3) is 0 Å². The third kappa shape index (κ3) is 4.49. The van der Waals surface area contributed by atoms with Crippen LogP contribution in [0.5, 0.6) is 0 Å². The molecule has 0 spiro atoms. The lowest BCUT2D eigenvalue weighted by molar-refractivity contribution is 0.122. The molecule has 0 atom stereocenters. The number of morpholine rings is 1. The topological polar surface area (TPSA) is 81.8 Å². The molecular formula is C23H27N7OS. The number of anilines is 1.